The molecule has 0 N–H and O–H groups in total. The minimum atomic E-state index is -0.669. The van der Waals surface area contributed by atoms with E-state index in [-0.39, 0.29) is 0 Å². The second-order valence-corrected chi connectivity index (χ2v) is 25.5. The third kappa shape index (κ3) is 8.01. The van der Waals surface area contributed by atoms with Crippen molar-refractivity contribution in [2.24, 2.45) is 0 Å². The largest absolute Gasteiger partial charge is 0.309 e. The van der Waals surface area contributed by atoms with Crippen molar-refractivity contribution in [3.8, 4) is 33.4 Å². The topological polar surface area (TPSA) is 6.48 Å². The van der Waals surface area contributed by atoms with Crippen molar-refractivity contribution >= 4 is 129 Å². The fourth-order valence-corrected chi connectivity index (χ4v) is 17.3. The quantitative estimate of drug-likeness (QED) is 0.126. The molecule has 89 heavy (non-hydrogen) atoms. The van der Waals surface area contributed by atoms with E-state index in [9.17, 15) is 0 Å². The molecule has 0 spiro atoms. The Labute approximate surface area is 524 Å². The normalized spacial score (nSPS) is 12.6. The Kier molecular flexibility index (Phi) is 11.9. The molecule has 2 aromatic heterocycles. The number of anilines is 6. The van der Waals surface area contributed by atoms with Gasteiger partial charge < -0.3 is 9.80 Å². The first-order chi connectivity index (χ1) is 44.2. The van der Waals surface area contributed by atoms with Crippen molar-refractivity contribution in [1.82, 2.24) is 0 Å². The number of hydrogen-bond acceptors (Lipinski definition) is 4. The van der Waals surface area contributed by atoms with Crippen LogP contribution in [0, 0.1) is 0 Å². The van der Waals surface area contributed by atoms with Gasteiger partial charge in [0.2, 0.25) is 0 Å². The fraction of sp³-hybridized carbons (Fsp3) is 0.0118. The molecule has 0 amide bonds. The molecule has 0 aliphatic heterocycles. The molecular weight excluding hydrogens is 1110 g/mol. The van der Waals surface area contributed by atoms with E-state index in [0.717, 1.165) is 22.7 Å². The number of rotatable bonds is 10. The van der Waals surface area contributed by atoms with Gasteiger partial charge in [-0.25, -0.2) is 0 Å². The lowest BCUT2D eigenvalue weighted by Crippen LogP contribution is -2.29. The number of thiophene rings is 2. The first kappa shape index (κ1) is 51.4. The van der Waals surface area contributed by atoms with Crippen LogP contribution in [0.3, 0.4) is 0 Å². The molecule has 1 aliphatic rings. The van der Waals surface area contributed by atoms with Gasteiger partial charge in [-0.05, 0) is 173 Å². The van der Waals surface area contributed by atoms with E-state index in [1.165, 1.54) is 140 Å². The third-order valence-corrected chi connectivity index (χ3v) is 21.1. The second kappa shape index (κ2) is 20.6. The Morgan fingerprint density at radius 2 is 0.663 bits per heavy atom. The van der Waals surface area contributed by atoms with Gasteiger partial charge in [-0.2, -0.15) is 0 Å². The van der Waals surface area contributed by atoms with Crippen LogP contribution in [0.4, 0.5) is 34.1 Å². The van der Waals surface area contributed by atoms with E-state index in [2.05, 4.69) is 337 Å². The van der Waals surface area contributed by atoms with Crippen LogP contribution in [-0.2, 0) is 5.41 Å². The lowest BCUT2D eigenvalue weighted by molar-refractivity contribution is 0.783. The van der Waals surface area contributed by atoms with Crippen LogP contribution in [0.25, 0.3) is 106 Å². The van der Waals surface area contributed by atoms with Crippen molar-refractivity contribution in [2.75, 3.05) is 9.80 Å². The van der Waals surface area contributed by atoms with Gasteiger partial charge in [-0.1, -0.05) is 243 Å². The van der Waals surface area contributed by atoms with Gasteiger partial charge in [-0.15, -0.1) is 22.7 Å². The smallest absolute Gasteiger partial charge is 0.0725 e. The maximum Gasteiger partial charge on any atom is 0.0725 e. The van der Waals surface area contributed by atoms with Crippen LogP contribution in [0.1, 0.15) is 22.3 Å². The molecule has 2 nitrogen and oxygen atoms in total. The van der Waals surface area contributed by atoms with Gasteiger partial charge in [0, 0.05) is 53.7 Å². The van der Waals surface area contributed by atoms with Crippen LogP contribution in [-0.4, -0.2) is 0 Å². The lowest BCUT2D eigenvalue weighted by Gasteiger charge is -2.35. The van der Waals surface area contributed by atoms with Crippen LogP contribution < -0.4 is 9.80 Å². The van der Waals surface area contributed by atoms with Gasteiger partial charge in [0.25, 0.3) is 0 Å². The summed E-state index contributed by atoms with van der Waals surface area (Å²) in [4.78, 5) is 4.83. The van der Waals surface area contributed by atoms with E-state index < -0.39 is 5.41 Å². The third-order valence-electron chi connectivity index (χ3n) is 18.7. The molecule has 0 bridgehead atoms. The molecular formula is C85H54N2S2. The Morgan fingerprint density at radius 1 is 0.247 bits per heavy atom. The Hall–Kier alpha value is -10.9. The summed E-state index contributed by atoms with van der Waals surface area (Å²) in [5.41, 5.74) is 18.6. The summed E-state index contributed by atoms with van der Waals surface area (Å²) in [6.45, 7) is 0. The van der Waals surface area contributed by atoms with E-state index in [0.29, 0.717) is 0 Å². The molecule has 416 valence electrons. The molecule has 0 saturated carbocycles. The molecule has 2 heterocycles. The van der Waals surface area contributed by atoms with Crippen molar-refractivity contribution in [1.29, 1.82) is 0 Å². The first-order valence-electron chi connectivity index (χ1n) is 30.6. The van der Waals surface area contributed by atoms with Crippen molar-refractivity contribution in [3.05, 3.63) is 350 Å². The molecule has 0 atom stereocenters. The Bertz CT molecular complexity index is 5560. The number of para-hydroxylation sites is 2. The van der Waals surface area contributed by atoms with Gasteiger partial charge in [0.15, 0.2) is 0 Å². The first-order valence-corrected chi connectivity index (χ1v) is 32.2. The maximum atomic E-state index is 2.46. The summed E-state index contributed by atoms with van der Waals surface area (Å²) in [5, 5.41) is 12.6. The van der Waals surface area contributed by atoms with Crippen molar-refractivity contribution < 1.29 is 0 Å². The molecule has 15 aromatic carbocycles. The summed E-state index contributed by atoms with van der Waals surface area (Å²) in [6.07, 6.45) is 0. The standard InChI is InChI=1S/C85H54N2S2/c1-5-21-60(22-6-1)85(61-23-7-2-8-24-61)81-66-50-43-57(55-39-46-64(47-40-55)86(62-25-9-3-10-26-62)76-35-19-33-72-68-30-15-17-37-78(68)88-83(72)76)53-59(66)45-52-74(81)80-70-32-14-13-29-67(70)75-54-58(44-51-71(75)82(80)85)56-41-48-65(49-42-56)87(63-27-11-4-12-28-63)77-36-20-34-73-69-31-16-18-38-79(69)89-84(73)77/h1-54H. The number of benzene rings is 15. The Morgan fingerprint density at radius 3 is 1.19 bits per heavy atom. The van der Waals surface area contributed by atoms with Gasteiger partial charge in [-0.3, -0.25) is 0 Å². The number of nitrogens with zero attached hydrogens (tertiary/aromatic N) is 2. The highest BCUT2D eigenvalue weighted by molar-refractivity contribution is 7.26. The molecule has 0 radical (unpaired) electrons. The SMILES string of the molecule is c1ccc(N(c2ccc(-c3ccc4c5c(ccc4c3)-c3c(c4ccc(-c6ccc(N(c7ccccc7)c7cccc8c7sc7ccccc78)cc6)cc4c4ccccc34)C5(c3ccccc3)c3ccccc3)cc2)c2cccc3c2sc2ccccc23)cc1. The zero-order valence-corrected chi connectivity index (χ0v) is 50.0. The minimum Gasteiger partial charge on any atom is -0.309 e. The van der Waals surface area contributed by atoms with Crippen molar-refractivity contribution in [2.45, 2.75) is 5.41 Å². The number of hydrogen-bond donors (Lipinski definition) is 0. The zero-order valence-electron chi connectivity index (χ0n) is 48.4. The monoisotopic (exact) mass is 1170 g/mol. The molecule has 18 rings (SSSR count). The van der Waals surface area contributed by atoms with E-state index in [1.807, 2.05) is 22.7 Å². The highest BCUT2D eigenvalue weighted by Gasteiger charge is 2.49. The molecule has 0 fully saturated rings. The molecule has 0 saturated heterocycles. The molecule has 0 unspecified atom stereocenters. The van der Waals surface area contributed by atoms with Crippen molar-refractivity contribution in [3.63, 3.8) is 0 Å². The maximum absolute atomic E-state index is 2.46. The van der Waals surface area contributed by atoms with Crippen LogP contribution in [0.2, 0.25) is 0 Å². The van der Waals surface area contributed by atoms with E-state index >= 15 is 0 Å². The highest BCUT2D eigenvalue weighted by Crippen LogP contribution is 2.62. The summed E-state index contributed by atoms with van der Waals surface area (Å²) in [7, 11) is 0. The van der Waals surface area contributed by atoms with E-state index in [4.69, 9.17) is 0 Å². The number of fused-ring (bicyclic) bond motifs is 16. The lowest BCUT2D eigenvalue weighted by atomic mass is 9.65. The summed E-state index contributed by atoms with van der Waals surface area (Å²) < 4.78 is 5.16. The Balaban J connectivity index is 0.778. The summed E-state index contributed by atoms with van der Waals surface area (Å²) >= 11 is 3.73. The minimum absolute atomic E-state index is 0.669. The average Bonchev–Trinajstić information content (AvgIpc) is 1.57. The predicted octanol–water partition coefficient (Wildman–Crippen LogP) is 24.5. The second-order valence-electron chi connectivity index (χ2n) is 23.4. The summed E-state index contributed by atoms with van der Waals surface area (Å²) in [5.74, 6) is 0. The van der Waals surface area contributed by atoms with Gasteiger partial charge >= 0.3 is 0 Å². The predicted molar refractivity (Wildman–Crippen MR) is 382 cm³/mol. The van der Waals surface area contributed by atoms with Gasteiger partial charge in [0.05, 0.1) is 26.2 Å². The average molecular weight is 1170 g/mol. The summed E-state index contributed by atoms with van der Waals surface area (Å²) in [6, 6.07) is 122. The molecule has 4 heteroatoms. The van der Waals surface area contributed by atoms with Crippen LogP contribution in [0.15, 0.2) is 328 Å². The van der Waals surface area contributed by atoms with E-state index in [1.54, 1.807) is 0 Å². The molecule has 17 aromatic rings. The van der Waals surface area contributed by atoms with Crippen LogP contribution >= 0.6 is 22.7 Å². The van der Waals surface area contributed by atoms with Crippen LogP contribution in [0.5, 0.6) is 0 Å². The highest BCUT2D eigenvalue weighted by atomic mass is 32.1. The van der Waals surface area contributed by atoms with Gasteiger partial charge in [0.1, 0.15) is 0 Å². The molecule has 1 aliphatic carbocycles. The zero-order chi connectivity index (χ0) is 58.6. The fourth-order valence-electron chi connectivity index (χ4n) is 14.8.